The van der Waals surface area contributed by atoms with Crippen molar-refractivity contribution in [2.24, 2.45) is 0 Å². The Morgan fingerprint density at radius 2 is 2.00 bits per heavy atom. The first-order valence-corrected chi connectivity index (χ1v) is 9.48. The Labute approximate surface area is 144 Å². The van der Waals surface area contributed by atoms with Crippen molar-refractivity contribution < 1.29 is 4.42 Å². The highest BCUT2D eigenvalue weighted by Gasteiger charge is 2.19. The summed E-state index contributed by atoms with van der Waals surface area (Å²) < 4.78 is 5.83. The molecule has 0 saturated carbocycles. The molecule has 1 aromatic carbocycles. The van der Waals surface area contributed by atoms with Crippen LogP contribution in [0.4, 0.5) is 0 Å². The van der Waals surface area contributed by atoms with Crippen LogP contribution >= 0.6 is 23.1 Å². The van der Waals surface area contributed by atoms with Gasteiger partial charge in [-0.15, -0.1) is 33.3 Å². The minimum absolute atomic E-state index is 0.0661. The molecule has 0 bridgehead atoms. The number of rotatable bonds is 6. The second-order valence-electron chi connectivity index (χ2n) is 5.36. The van der Waals surface area contributed by atoms with Gasteiger partial charge in [0.1, 0.15) is 0 Å². The lowest BCUT2D eigenvalue weighted by Gasteiger charge is -2.21. The van der Waals surface area contributed by atoms with Gasteiger partial charge in [-0.05, 0) is 49.4 Å². The summed E-state index contributed by atoms with van der Waals surface area (Å²) in [6, 6.07) is 12.7. The van der Waals surface area contributed by atoms with E-state index < -0.39 is 0 Å². The predicted molar refractivity (Wildman–Crippen MR) is 95.7 cm³/mol. The van der Waals surface area contributed by atoms with Crippen molar-refractivity contribution in [2.75, 3.05) is 13.3 Å². The average molecular weight is 345 g/mol. The van der Waals surface area contributed by atoms with E-state index >= 15 is 0 Å². The molecule has 3 aromatic rings. The quantitative estimate of drug-likeness (QED) is 0.605. The summed E-state index contributed by atoms with van der Waals surface area (Å²) in [5.74, 6) is 1.25. The monoisotopic (exact) mass is 345 g/mol. The highest BCUT2D eigenvalue weighted by Crippen LogP contribution is 2.27. The lowest BCUT2D eigenvalue weighted by molar-refractivity contribution is 0.218. The molecule has 0 fully saturated rings. The van der Waals surface area contributed by atoms with Crippen LogP contribution in [-0.2, 0) is 6.54 Å². The van der Waals surface area contributed by atoms with E-state index in [1.165, 1.54) is 10.5 Å². The Kier molecular flexibility index (Phi) is 5.15. The number of benzene rings is 1. The van der Waals surface area contributed by atoms with Gasteiger partial charge in [-0.2, -0.15) is 0 Å². The van der Waals surface area contributed by atoms with Crippen LogP contribution in [0.25, 0.3) is 10.8 Å². The molecule has 0 aliphatic carbocycles. The maximum absolute atomic E-state index is 5.83. The fourth-order valence-corrected chi connectivity index (χ4v) is 3.30. The summed E-state index contributed by atoms with van der Waals surface area (Å²) in [6.45, 7) is 2.93. The number of thioether (sulfide) groups is 1. The zero-order valence-electron chi connectivity index (χ0n) is 13.4. The van der Waals surface area contributed by atoms with Crippen molar-refractivity contribution in [3.8, 4) is 10.8 Å². The average Bonchev–Trinajstić information content (AvgIpc) is 3.26. The Morgan fingerprint density at radius 1 is 1.22 bits per heavy atom. The maximum Gasteiger partial charge on any atom is 0.257 e. The number of hydrogen-bond acceptors (Lipinski definition) is 6. The summed E-state index contributed by atoms with van der Waals surface area (Å²) in [5, 5.41) is 10.4. The number of thiophene rings is 1. The molecular weight excluding hydrogens is 326 g/mol. The van der Waals surface area contributed by atoms with Crippen molar-refractivity contribution in [2.45, 2.75) is 24.4 Å². The molecule has 6 heteroatoms. The van der Waals surface area contributed by atoms with E-state index in [4.69, 9.17) is 4.42 Å². The number of hydrogen-bond donors (Lipinski definition) is 0. The van der Waals surface area contributed by atoms with Gasteiger partial charge in [0.15, 0.2) is 0 Å². The molecule has 1 atom stereocenters. The summed E-state index contributed by atoms with van der Waals surface area (Å²) >= 11 is 3.36. The summed E-state index contributed by atoms with van der Waals surface area (Å²) in [4.78, 5) is 4.49. The molecule has 0 spiro atoms. The predicted octanol–water partition coefficient (Wildman–Crippen LogP) is 4.71. The van der Waals surface area contributed by atoms with E-state index in [0.717, 1.165) is 11.4 Å². The summed E-state index contributed by atoms with van der Waals surface area (Å²) in [5.41, 5.74) is 1.27. The number of aromatic nitrogens is 2. The van der Waals surface area contributed by atoms with Gasteiger partial charge in [0.2, 0.25) is 5.89 Å². The standard InChI is InChI=1S/C17H19N3OS2/c1-12(16-18-19-17(21-16)15-5-4-10-23-15)20(2)11-13-6-8-14(22-3)9-7-13/h4-10,12H,11H2,1-3H3/t12-/m1/s1. The molecule has 0 saturated heterocycles. The normalized spacial score (nSPS) is 12.7. The lowest BCUT2D eigenvalue weighted by Crippen LogP contribution is -2.22. The Hall–Kier alpha value is -1.63. The second kappa shape index (κ2) is 7.29. The van der Waals surface area contributed by atoms with Gasteiger partial charge in [-0.3, -0.25) is 4.90 Å². The maximum atomic E-state index is 5.83. The molecule has 0 radical (unpaired) electrons. The van der Waals surface area contributed by atoms with Crippen LogP contribution in [0, 0.1) is 0 Å². The van der Waals surface area contributed by atoms with Gasteiger partial charge < -0.3 is 4.42 Å². The molecule has 2 aromatic heterocycles. The number of nitrogens with zero attached hydrogens (tertiary/aromatic N) is 3. The van der Waals surface area contributed by atoms with Crippen LogP contribution in [0.2, 0.25) is 0 Å². The third-order valence-electron chi connectivity index (χ3n) is 3.78. The highest BCUT2D eigenvalue weighted by molar-refractivity contribution is 7.98. The van der Waals surface area contributed by atoms with Crippen LogP contribution in [0.1, 0.15) is 24.4 Å². The highest BCUT2D eigenvalue weighted by atomic mass is 32.2. The van der Waals surface area contributed by atoms with Crippen LogP contribution in [-0.4, -0.2) is 28.4 Å². The third-order valence-corrected chi connectivity index (χ3v) is 5.38. The molecular formula is C17H19N3OS2. The van der Waals surface area contributed by atoms with Crippen molar-refractivity contribution in [1.29, 1.82) is 0 Å². The van der Waals surface area contributed by atoms with Gasteiger partial charge >= 0.3 is 0 Å². The van der Waals surface area contributed by atoms with E-state index in [2.05, 4.69) is 59.6 Å². The Balaban J connectivity index is 1.68. The van der Waals surface area contributed by atoms with Crippen molar-refractivity contribution in [3.63, 3.8) is 0 Å². The third kappa shape index (κ3) is 3.83. The first-order chi connectivity index (χ1) is 11.2. The van der Waals surface area contributed by atoms with Crippen molar-refractivity contribution >= 4 is 23.1 Å². The van der Waals surface area contributed by atoms with Crippen LogP contribution in [0.15, 0.2) is 51.1 Å². The molecule has 0 unspecified atom stereocenters. The van der Waals surface area contributed by atoms with Crippen molar-refractivity contribution in [3.05, 3.63) is 53.2 Å². The Morgan fingerprint density at radius 3 is 2.65 bits per heavy atom. The van der Waals surface area contributed by atoms with Crippen LogP contribution < -0.4 is 0 Å². The summed E-state index contributed by atoms with van der Waals surface area (Å²) in [7, 11) is 2.07. The largest absolute Gasteiger partial charge is 0.418 e. The lowest BCUT2D eigenvalue weighted by atomic mass is 10.2. The van der Waals surface area contributed by atoms with Gasteiger partial charge in [-0.25, -0.2) is 0 Å². The molecule has 0 amide bonds. The summed E-state index contributed by atoms with van der Waals surface area (Å²) in [6.07, 6.45) is 2.09. The Bertz CT molecular complexity index is 738. The van der Waals surface area contributed by atoms with Gasteiger partial charge in [-0.1, -0.05) is 18.2 Å². The van der Waals surface area contributed by atoms with E-state index in [9.17, 15) is 0 Å². The molecule has 0 aliphatic rings. The molecule has 0 aliphatic heterocycles. The zero-order chi connectivity index (χ0) is 16.2. The zero-order valence-corrected chi connectivity index (χ0v) is 15.0. The van der Waals surface area contributed by atoms with Gasteiger partial charge in [0.05, 0.1) is 10.9 Å². The van der Waals surface area contributed by atoms with Crippen LogP contribution in [0.3, 0.4) is 0 Å². The fraction of sp³-hybridized carbons (Fsp3) is 0.294. The first-order valence-electron chi connectivity index (χ1n) is 7.38. The van der Waals surface area contributed by atoms with Crippen molar-refractivity contribution in [1.82, 2.24) is 15.1 Å². The molecule has 2 heterocycles. The van der Waals surface area contributed by atoms with E-state index in [1.54, 1.807) is 23.1 Å². The van der Waals surface area contributed by atoms with E-state index in [1.807, 2.05) is 17.5 Å². The molecule has 3 rings (SSSR count). The van der Waals surface area contributed by atoms with Gasteiger partial charge in [0.25, 0.3) is 5.89 Å². The molecule has 23 heavy (non-hydrogen) atoms. The molecule has 120 valence electrons. The molecule has 4 nitrogen and oxygen atoms in total. The van der Waals surface area contributed by atoms with Crippen LogP contribution in [0.5, 0.6) is 0 Å². The van der Waals surface area contributed by atoms with Gasteiger partial charge in [0, 0.05) is 11.4 Å². The molecule has 0 N–H and O–H groups in total. The SMILES string of the molecule is CSc1ccc(CN(C)[C@H](C)c2nnc(-c3cccs3)o2)cc1. The van der Waals surface area contributed by atoms with E-state index in [0.29, 0.717) is 11.8 Å². The smallest absolute Gasteiger partial charge is 0.257 e. The second-order valence-corrected chi connectivity index (χ2v) is 7.19. The topological polar surface area (TPSA) is 42.2 Å². The fourth-order valence-electron chi connectivity index (χ4n) is 2.25. The first kappa shape index (κ1) is 16.2. The minimum Gasteiger partial charge on any atom is -0.418 e. The van der Waals surface area contributed by atoms with E-state index in [-0.39, 0.29) is 6.04 Å². The minimum atomic E-state index is 0.0661.